The Balaban J connectivity index is 1.97. The first-order valence-corrected chi connectivity index (χ1v) is 6.91. The molecule has 6 heteroatoms. The normalized spacial score (nSPS) is 26.2. The lowest BCUT2D eigenvalue weighted by atomic mass is 9.98. The zero-order valence-corrected chi connectivity index (χ0v) is 11.4. The van der Waals surface area contributed by atoms with E-state index in [0.717, 1.165) is 25.7 Å². The average Bonchev–Trinajstić information content (AvgIpc) is 2.88. The summed E-state index contributed by atoms with van der Waals surface area (Å²) in [6.45, 7) is 1.21. The second-order valence-corrected chi connectivity index (χ2v) is 5.47. The predicted octanol–water partition coefficient (Wildman–Crippen LogP) is 1.20. The Morgan fingerprint density at radius 2 is 2.00 bits per heavy atom. The minimum atomic E-state index is -1.06. The van der Waals surface area contributed by atoms with Crippen LogP contribution < -0.4 is 5.32 Å². The standard InChI is InChI=1S/C13H22N2O4/c1-19-10-5-4-8-15(9-10)12(18)14-13(11(16)17)6-2-3-7-13/h10H,2-9H2,1H3,(H,14,18)(H,16,17). The van der Waals surface area contributed by atoms with Crippen molar-refractivity contribution in [3.63, 3.8) is 0 Å². The minimum absolute atomic E-state index is 0.0591. The van der Waals surface area contributed by atoms with E-state index < -0.39 is 11.5 Å². The van der Waals surface area contributed by atoms with Crippen molar-refractivity contribution < 1.29 is 19.4 Å². The molecule has 1 atom stereocenters. The summed E-state index contributed by atoms with van der Waals surface area (Å²) in [6.07, 6.45) is 4.66. The molecular weight excluding hydrogens is 248 g/mol. The van der Waals surface area contributed by atoms with Gasteiger partial charge in [0, 0.05) is 20.2 Å². The number of hydrogen-bond donors (Lipinski definition) is 2. The summed E-state index contributed by atoms with van der Waals surface area (Å²) in [5, 5.41) is 12.1. The lowest BCUT2D eigenvalue weighted by Crippen LogP contribution is -2.58. The molecular formula is C13H22N2O4. The van der Waals surface area contributed by atoms with Crippen LogP contribution in [0.3, 0.4) is 0 Å². The topological polar surface area (TPSA) is 78.9 Å². The first kappa shape index (κ1) is 14.1. The van der Waals surface area contributed by atoms with Crippen LogP contribution in [0, 0.1) is 0 Å². The van der Waals surface area contributed by atoms with Gasteiger partial charge in [0.2, 0.25) is 0 Å². The van der Waals surface area contributed by atoms with Crippen LogP contribution >= 0.6 is 0 Å². The summed E-state index contributed by atoms with van der Waals surface area (Å²) >= 11 is 0. The van der Waals surface area contributed by atoms with Crippen LogP contribution in [0.1, 0.15) is 38.5 Å². The van der Waals surface area contributed by atoms with Crippen LogP contribution in [0.2, 0.25) is 0 Å². The molecule has 1 heterocycles. The molecule has 108 valence electrons. The predicted molar refractivity (Wildman–Crippen MR) is 69.0 cm³/mol. The second kappa shape index (κ2) is 5.77. The van der Waals surface area contributed by atoms with Crippen LogP contribution in [-0.2, 0) is 9.53 Å². The fourth-order valence-corrected chi connectivity index (χ4v) is 2.97. The summed E-state index contributed by atoms with van der Waals surface area (Å²) in [5.41, 5.74) is -1.06. The Morgan fingerprint density at radius 3 is 2.58 bits per heavy atom. The molecule has 0 spiro atoms. The third kappa shape index (κ3) is 3.00. The number of hydrogen-bond acceptors (Lipinski definition) is 3. The molecule has 0 bridgehead atoms. The Kier molecular flexibility index (Phi) is 4.29. The average molecular weight is 270 g/mol. The number of carbonyl (C=O) groups excluding carboxylic acids is 1. The number of carbonyl (C=O) groups is 2. The van der Waals surface area contributed by atoms with Crippen LogP contribution in [0.25, 0.3) is 0 Å². The monoisotopic (exact) mass is 270 g/mol. The fourth-order valence-electron chi connectivity index (χ4n) is 2.97. The molecule has 0 aromatic heterocycles. The Bertz CT molecular complexity index is 353. The molecule has 1 aliphatic heterocycles. The maximum Gasteiger partial charge on any atom is 0.329 e. The molecule has 2 amide bonds. The number of urea groups is 1. The summed E-state index contributed by atoms with van der Waals surface area (Å²) < 4.78 is 5.28. The number of rotatable bonds is 3. The molecule has 0 aromatic rings. The van der Waals surface area contributed by atoms with E-state index in [1.54, 1.807) is 12.0 Å². The number of methoxy groups -OCH3 is 1. The van der Waals surface area contributed by atoms with Crippen molar-refractivity contribution >= 4 is 12.0 Å². The maximum absolute atomic E-state index is 12.2. The van der Waals surface area contributed by atoms with Crippen LogP contribution in [0.15, 0.2) is 0 Å². The third-order valence-corrected chi connectivity index (χ3v) is 4.21. The van der Waals surface area contributed by atoms with Gasteiger partial charge in [0.1, 0.15) is 5.54 Å². The molecule has 19 heavy (non-hydrogen) atoms. The van der Waals surface area contributed by atoms with Gasteiger partial charge < -0.3 is 20.1 Å². The van der Waals surface area contributed by atoms with Crippen molar-refractivity contribution in [2.24, 2.45) is 0 Å². The largest absolute Gasteiger partial charge is 0.480 e. The summed E-state index contributed by atoms with van der Waals surface area (Å²) in [7, 11) is 1.64. The molecule has 0 aromatic carbocycles. The van der Waals surface area contributed by atoms with Gasteiger partial charge in [0.15, 0.2) is 0 Å². The summed E-state index contributed by atoms with van der Waals surface area (Å²) in [6, 6.07) is -0.272. The molecule has 1 unspecified atom stereocenters. The number of nitrogens with one attached hydrogen (secondary N) is 1. The zero-order valence-electron chi connectivity index (χ0n) is 11.4. The van der Waals surface area contributed by atoms with E-state index in [2.05, 4.69) is 5.32 Å². The van der Waals surface area contributed by atoms with E-state index in [0.29, 0.717) is 25.9 Å². The van der Waals surface area contributed by atoms with Crippen LogP contribution in [0.4, 0.5) is 4.79 Å². The number of carboxylic acid groups (broad SMARTS) is 1. The summed E-state index contributed by atoms with van der Waals surface area (Å²) in [4.78, 5) is 25.3. The third-order valence-electron chi connectivity index (χ3n) is 4.21. The number of ether oxygens (including phenoxy) is 1. The minimum Gasteiger partial charge on any atom is -0.480 e. The first-order valence-electron chi connectivity index (χ1n) is 6.91. The van der Waals surface area contributed by atoms with Crippen molar-refractivity contribution in [2.75, 3.05) is 20.2 Å². The fraction of sp³-hybridized carbons (Fsp3) is 0.846. The molecule has 6 nitrogen and oxygen atoms in total. The van der Waals surface area contributed by atoms with E-state index >= 15 is 0 Å². The maximum atomic E-state index is 12.2. The molecule has 2 rings (SSSR count). The summed E-state index contributed by atoms with van der Waals surface area (Å²) in [5.74, 6) is -0.918. The second-order valence-electron chi connectivity index (χ2n) is 5.47. The lowest BCUT2D eigenvalue weighted by Gasteiger charge is -2.35. The van der Waals surface area contributed by atoms with Gasteiger partial charge in [-0.3, -0.25) is 0 Å². The van der Waals surface area contributed by atoms with Gasteiger partial charge in [-0.2, -0.15) is 0 Å². The van der Waals surface area contributed by atoms with Gasteiger partial charge >= 0.3 is 12.0 Å². The van der Waals surface area contributed by atoms with E-state index in [4.69, 9.17) is 4.74 Å². The van der Waals surface area contributed by atoms with Crippen molar-refractivity contribution in [3.8, 4) is 0 Å². The zero-order chi connectivity index (χ0) is 13.9. The Labute approximate surface area is 113 Å². The van der Waals surface area contributed by atoms with E-state index in [1.165, 1.54) is 0 Å². The highest BCUT2D eigenvalue weighted by Gasteiger charge is 2.43. The van der Waals surface area contributed by atoms with Gasteiger partial charge in [-0.05, 0) is 25.7 Å². The van der Waals surface area contributed by atoms with Gasteiger partial charge in [0.25, 0.3) is 0 Å². The van der Waals surface area contributed by atoms with Gasteiger partial charge in [-0.1, -0.05) is 12.8 Å². The number of amides is 2. The van der Waals surface area contributed by atoms with E-state index in [1.807, 2.05) is 0 Å². The SMILES string of the molecule is COC1CCCN(C(=O)NC2(C(=O)O)CCCC2)C1. The Hall–Kier alpha value is -1.30. The first-order chi connectivity index (χ1) is 9.07. The van der Waals surface area contributed by atoms with Crippen molar-refractivity contribution in [2.45, 2.75) is 50.2 Å². The lowest BCUT2D eigenvalue weighted by molar-refractivity contribution is -0.144. The highest BCUT2D eigenvalue weighted by Crippen LogP contribution is 2.30. The molecule has 1 saturated carbocycles. The molecule has 1 aliphatic carbocycles. The van der Waals surface area contributed by atoms with Gasteiger partial charge in [0.05, 0.1) is 6.10 Å². The molecule has 0 radical (unpaired) electrons. The van der Waals surface area contributed by atoms with Crippen molar-refractivity contribution in [3.05, 3.63) is 0 Å². The van der Waals surface area contributed by atoms with Gasteiger partial charge in [-0.15, -0.1) is 0 Å². The molecule has 2 aliphatic rings. The molecule has 2 N–H and O–H groups in total. The number of aliphatic carboxylic acids is 1. The number of likely N-dealkylation sites (tertiary alicyclic amines) is 1. The number of piperidine rings is 1. The van der Waals surface area contributed by atoms with Crippen molar-refractivity contribution in [1.29, 1.82) is 0 Å². The number of nitrogens with zero attached hydrogens (tertiary/aromatic N) is 1. The van der Waals surface area contributed by atoms with Crippen LogP contribution in [0.5, 0.6) is 0 Å². The Morgan fingerprint density at radius 1 is 1.32 bits per heavy atom. The highest BCUT2D eigenvalue weighted by atomic mass is 16.5. The molecule has 1 saturated heterocycles. The van der Waals surface area contributed by atoms with Crippen LogP contribution in [-0.4, -0.2) is 53.8 Å². The van der Waals surface area contributed by atoms with Crippen molar-refractivity contribution in [1.82, 2.24) is 10.2 Å². The quantitative estimate of drug-likeness (QED) is 0.807. The smallest absolute Gasteiger partial charge is 0.329 e. The van der Waals surface area contributed by atoms with E-state index in [-0.39, 0.29) is 12.1 Å². The highest BCUT2D eigenvalue weighted by molar-refractivity contribution is 5.86. The van der Waals surface area contributed by atoms with E-state index in [9.17, 15) is 14.7 Å². The van der Waals surface area contributed by atoms with Gasteiger partial charge in [-0.25, -0.2) is 9.59 Å². The number of carboxylic acids is 1. The molecule has 2 fully saturated rings.